The third-order valence-electron chi connectivity index (χ3n) is 4.32. The number of amides is 1. The predicted molar refractivity (Wildman–Crippen MR) is 109 cm³/mol. The Morgan fingerprint density at radius 3 is 2.30 bits per heavy atom. The molecule has 0 radical (unpaired) electrons. The zero-order valence-electron chi connectivity index (χ0n) is 16.0. The van der Waals surface area contributed by atoms with Gasteiger partial charge in [0.05, 0.1) is 12.3 Å². The highest BCUT2D eigenvalue weighted by Gasteiger charge is 2.19. The molecule has 2 aromatic rings. The van der Waals surface area contributed by atoms with E-state index in [9.17, 15) is 13.2 Å². The lowest BCUT2D eigenvalue weighted by Gasteiger charge is -2.30. The van der Waals surface area contributed by atoms with Crippen LogP contribution in [-0.4, -0.2) is 45.1 Å². The van der Waals surface area contributed by atoms with Gasteiger partial charge in [0.15, 0.2) is 0 Å². The summed E-state index contributed by atoms with van der Waals surface area (Å²) in [6, 6.07) is 16.6. The maximum atomic E-state index is 12.6. The zero-order valence-corrected chi connectivity index (χ0v) is 16.8. The highest BCUT2D eigenvalue weighted by molar-refractivity contribution is 7.92. The van der Waals surface area contributed by atoms with E-state index in [1.165, 1.54) is 6.07 Å². The van der Waals surface area contributed by atoms with Gasteiger partial charge in [0.2, 0.25) is 10.0 Å². The van der Waals surface area contributed by atoms with Crippen molar-refractivity contribution in [2.24, 2.45) is 0 Å². The van der Waals surface area contributed by atoms with Crippen molar-refractivity contribution >= 4 is 21.6 Å². The quantitative estimate of drug-likeness (QED) is 0.691. The average molecular weight is 390 g/mol. The van der Waals surface area contributed by atoms with E-state index in [0.29, 0.717) is 17.8 Å². The summed E-state index contributed by atoms with van der Waals surface area (Å²) in [6.45, 7) is 6.41. The smallest absolute Gasteiger partial charge is 0.251 e. The fraction of sp³-hybridized carbons (Fsp3) is 0.350. The van der Waals surface area contributed by atoms with Crippen molar-refractivity contribution in [3.05, 3.63) is 65.7 Å². The SMILES string of the molecule is CCN(CC)C(CNC(=O)c1cccc(NS(C)(=O)=O)c1)c1ccccc1. The maximum Gasteiger partial charge on any atom is 0.251 e. The van der Waals surface area contributed by atoms with Crippen LogP contribution in [0.2, 0.25) is 0 Å². The fourth-order valence-electron chi connectivity index (χ4n) is 3.03. The summed E-state index contributed by atoms with van der Waals surface area (Å²) in [7, 11) is -3.39. The van der Waals surface area contributed by atoms with Crippen molar-refractivity contribution in [1.82, 2.24) is 10.2 Å². The Hall–Kier alpha value is -2.38. The van der Waals surface area contributed by atoms with Crippen LogP contribution in [0.1, 0.15) is 35.8 Å². The third kappa shape index (κ3) is 6.37. The van der Waals surface area contributed by atoms with E-state index in [1.807, 2.05) is 18.2 Å². The molecule has 0 bridgehead atoms. The van der Waals surface area contributed by atoms with Crippen molar-refractivity contribution in [3.8, 4) is 0 Å². The second-order valence-corrected chi connectivity index (χ2v) is 8.06. The molecule has 1 atom stereocenters. The second-order valence-electron chi connectivity index (χ2n) is 6.31. The summed E-state index contributed by atoms with van der Waals surface area (Å²) < 4.78 is 25.1. The van der Waals surface area contributed by atoms with E-state index in [2.05, 4.69) is 40.9 Å². The van der Waals surface area contributed by atoms with Crippen LogP contribution in [0.25, 0.3) is 0 Å². The lowest BCUT2D eigenvalue weighted by molar-refractivity contribution is 0.0935. The van der Waals surface area contributed by atoms with Gasteiger partial charge in [-0.15, -0.1) is 0 Å². The molecule has 0 aromatic heterocycles. The van der Waals surface area contributed by atoms with Gasteiger partial charge in [-0.3, -0.25) is 14.4 Å². The first-order valence-electron chi connectivity index (χ1n) is 8.99. The van der Waals surface area contributed by atoms with Crippen LogP contribution in [0.5, 0.6) is 0 Å². The van der Waals surface area contributed by atoms with Crippen LogP contribution in [0.3, 0.4) is 0 Å². The van der Waals surface area contributed by atoms with Gasteiger partial charge in [-0.25, -0.2) is 8.42 Å². The number of hydrogen-bond acceptors (Lipinski definition) is 4. The topological polar surface area (TPSA) is 78.5 Å². The summed E-state index contributed by atoms with van der Waals surface area (Å²) in [6.07, 6.45) is 1.08. The molecule has 1 amide bonds. The van der Waals surface area contributed by atoms with E-state index < -0.39 is 10.0 Å². The summed E-state index contributed by atoms with van der Waals surface area (Å²) in [4.78, 5) is 14.9. The first-order valence-corrected chi connectivity index (χ1v) is 10.9. The number of benzene rings is 2. The van der Waals surface area contributed by atoms with E-state index in [1.54, 1.807) is 18.2 Å². The highest BCUT2D eigenvalue weighted by Crippen LogP contribution is 2.20. The maximum absolute atomic E-state index is 12.6. The normalized spacial score (nSPS) is 12.6. The Morgan fingerprint density at radius 2 is 1.70 bits per heavy atom. The van der Waals surface area contributed by atoms with Gasteiger partial charge < -0.3 is 5.32 Å². The largest absolute Gasteiger partial charge is 0.350 e. The Bertz CT molecular complexity index is 850. The van der Waals surface area contributed by atoms with Gasteiger partial charge in [0.25, 0.3) is 5.91 Å². The molecule has 146 valence electrons. The van der Waals surface area contributed by atoms with Crippen molar-refractivity contribution in [3.63, 3.8) is 0 Å². The van der Waals surface area contributed by atoms with Crippen molar-refractivity contribution < 1.29 is 13.2 Å². The van der Waals surface area contributed by atoms with Gasteiger partial charge in [-0.2, -0.15) is 0 Å². The van der Waals surface area contributed by atoms with Crippen molar-refractivity contribution in [2.45, 2.75) is 19.9 Å². The number of hydrogen-bond donors (Lipinski definition) is 2. The Morgan fingerprint density at radius 1 is 1.04 bits per heavy atom. The van der Waals surface area contributed by atoms with Gasteiger partial charge in [0, 0.05) is 17.8 Å². The van der Waals surface area contributed by atoms with Crippen LogP contribution >= 0.6 is 0 Å². The molecule has 2 aromatic carbocycles. The van der Waals surface area contributed by atoms with E-state index in [4.69, 9.17) is 0 Å². The molecule has 0 aliphatic heterocycles. The standard InChI is InChI=1S/C20H27N3O3S/c1-4-23(5-2)19(16-10-7-6-8-11-16)15-21-20(24)17-12-9-13-18(14-17)22-27(3,25)26/h6-14,19,22H,4-5,15H2,1-3H3,(H,21,24). The molecular formula is C20H27N3O3S. The lowest BCUT2D eigenvalue weighted by atomic mass is 10.0. The molecule has 0 aliphatic carbocycles. The number of nitrogens with one attached hydrogen (secondary N) is 2. The molecule has 2 N–H and O–H groups in total. The molecule has 0 heterocycles. The van der Waals surface area contributed by atoms with Gasteiger partial charge >= 0.3 is 0 Å². The fourth-order valence-corrected chi connectivity index (χ4v) is 3.58. The second kappa shape index (κ2) is 9.53. The minimum absolute atomic E-state index is 0.0717. The van der Waals surface area contributed by atoms with Gasteiger partial charge in [-0.05, 0) is 36.9 Å². The molecule has 0 aliphatic rings. The van der Waals surface area contributed by atoms with Gasteiger partial charge in [0.1, 0.15) is 0 Å². The summed E-state index contributed by atoms with van der Waals surface area (Å²) in [5, 5.41) is 2.98. The molecule has 0 spiro atoms. The van der Waals surface area contributed by atoms with E-state index >= 15 is 0 Å². The van der Waals surface area contributed by atoms with E-state index in [0.717, 1.165) is 24.9 Å². The van der Waals surface area contributed by atoms with Crippen LogP contribution in [0, 0.1) is 0 Å². The van der Waals surface area contributed by atoms with Crippen molar-refractivity contribution in [2.75, 3.05) is 30.6 Å². The van der Waals surface area contributed by atoms with Crippen LogP contribution in [0.4, 0.5) is 5.69 Å². The molecule has 6 nitrogen and oxygen atoms in total. The predicted octanol–water partition coefficient (Wildman–Crippen LogP) is 2.87. The molecule has 27 heavy (non-hydrogen) atoms. The minimum Gasteiger partial charge on any atom is -0.350 e. The Balaban J connectivity index is 2.13. The first kappa shape index (κ1) is 20.9. The summed E-state index contributed by atoms with van der Waals surface area (Å²) >= 11 is 0. The Kier molecular flexibility index (Phi) is 7.38. The van der Waals surface area contributed by atoms with Crippen LogP contribution in [-0.2, 0) is 10.0 Å². The molecule has 1 unspecified atom stereocenters. The minimum atomic E-state index is -3.39. The number of anilines is 1. The molecular weight excluding hydrogens is 362 g/mol. The number of carbonyl (C=O) groups excluding carboxylic acids is 1. The van der Waals surface area contributed by atoms with E-state index in [-0.39, 0.29) is 11.9 Å². The number of sulfonamides is 1. The van der Waals surface area contributed by atoms with Crippen LogP contribution < -0.4 is 10.0 Å². The molecule has 0 fully saturated rings. The number of nitrogens with zero attached hydrogens (tertiary/aromatic N) is 1. The van der Waals surface area contributed by atoms with Gasteiger partial charge in [-0.1, -0.05) is 50.2 Å². The molecule has 0 saturated carbocycles. The number of rotatable bonds is 9. The van der Waals surface area contributed by atoms with Crippen molar-refractivity contribution in [1.29, 1.82) is 0 Å². The highest BCUT2D eigenvalue weighted by atomic mass is 32.2. The summed E-state index contributed by atoms with van der Waals surface area (Å²) in [5.74, 6) is -0.236. The molecule has 2 rings (SSSR count). The average Bonchev–Trinajstić information content (AvgIpc) is 2.64. The molecule has 0 saturated heterocycles. The Labute approximate surface area is 161 Å². The third-order valence-corrected chi connectivity index (χ3v) is 4.93. The monoisotopic (exact) mass is 389 g/mol. The number of likely N-dealkylation sites (N-methyl/N-ethyl adjacent to an activating group) is 1. The lowest BCUT2D eigenvalue weighted by Crippen LogP contribution is -2.38. The van der Waals surface area contributed by atoms with Crippen LogP contribution in [0.15, 0.2) is 54.6 Å². The zero-order chi connectivity index (χ0) is 19.9. The molecule has 7 heteroatoms. The number of carbonyl (C=O) groups is 1. The first-order chi connectivity index (χ1) is 12.8. The summed E-state index contributed by atoms with van der Waals surface area (Å²) in [5.41, 5.74) is 1.93.